The highest BCUT2D eigenvalue weighted by molar-refractivity contribution is 6.05. The lowest BCUT2D eigenvalue weighted by Crippen LogP contribution is -2.35. The average molecular weight is 499 g/mol. The van der Waals surface area contributed by atoms with Gasteiger partial charge in [0.15, 0.2) is 0 Å². The third-order valence-corrected chi connectivity index (χ3v) is 7.12. The summed E-state index contributed by atoms with van der Waals surface area (Å²) in [5, 5.41) is 9.44. The molecule has 0 heterocycles. The summed E-state index contributed by atoms with van der Waals surface area (Å²) >= 11 is 0. The first-order chi connectivity index (χ1) is 17.8. The third kappa shape index (κ3) is 5.94. The lowest BCUT2D eigenvalue weighted by Gasteiger charge is -2.18. The lowest BCUT2D eigenvalue weighted by atomic mass is 10.0. The number of para-hydroxylation sites is 2. The summed E-state index contributed by atoms with van der Waals surface area (Å²) in [7, 11) is 0. The van der Waals surface area contributed by atoms with Gasteiger partial charge < -0.3 is 26.4 Å². The van der Waals surface area contributed by atoms with Crippen LogP contribution in [0, 0.1) is 0 Å². The summed E-state index contributed by atoms with van der Waals surface area (Å²) in [6.07, 6.45) is 2.39. The van der Waals surface area contributed by atoms with Crippen molar-refractivity contribution in [2.45, 2.75) is 63.3 Å². The zero-order valence-corrected chi connectivity index (χ0v) is 21.3. The van der Waals surface area contributed by atoms with E-state index in [1.54, 1.807) is 24.3 Å². The van der Waals surface area contributed by atoms with Gasteiger partial charge in [-0.05, 0) is 60.2 Å². The van der Waals surface area contributed by atoms with Gasteiger partial charge in [0.2, 0.25) is 0 Å². The zero-order chi connectivity index (χ0) is 26.0. The normalized spacial score (nSPS) is 19.2. The maximum absolute atomic E-state index is 12.6. The molecule has 2 atom stereocenters. The van der Waals surface area contributed by atoms with Gasteiger partial charge in [0.25, 0.3) is 5.91 Å². The summed E-state index contributed by atoms with van der Waals surface area (Å²) < 4.78 is 5.52. The molecule has 0 aromatic heterocycles. The monoisotopic (exact) mass is 498 g/mol. The van der Waals surface area contributed by atoms with E-state index in [0.29, 0.717) is 34.9 Å². The van der Waals surface area contributed by atoms with Crippen molar-refractivity contribution in [2.24, 2.45) is 0 Å². The quantitative estimate of drug-likeness (QED) is 0.300. The van der Waals surface area contributed by atoms with Gasteiger partial charge in [0.1, 0.15) is 6.61 Å². The number of rotatable bonds is 9. The second kappa shape index (κ2) is 10.3. The zero-order valence-electron chi connectivity index (χ0n) is 21.3. The fraction of sp³-hybridized carbons (Fsp3) is 0.333. The van der Waals surface area contributed by atoms with Crippen LogP contribution in [-0.2, 0) is 16.9 Å². The van der Waals surface area contributed by atoms with Crippen LogP contribution in [-0.4, -0.2) is 24.1 Å². The predicted octanol–water partition coefficient (Wildman–Crippen LogP) is 5.29. The van der Waals surface area contributed by atoms with Crippen molar-refractivity contribution in [3.8, 4) is 0 Å². The molecule has 0 saturated heterocycles. The lowest BCUT2D eigenvalue weighted by molar-refractivity contribution is 0.102. The Balaban J connectivity index is 1.12. The fourth-order valence-corrected chi connectivity index (χ4v) is 4.77. The maximum atomic E-state index is 12.6. The molecule has 0 radical (unpaired) electrons. The smallest absolute Gasteiger partial charge is 0.408 e. The molecule has 0 bridgehead atoms. The Morgan fingerprint density at radius 3 is 2.35 bits per heavy atom. The second-order valence-corrected chi connectivity index (χ2v) is 10.4. The molecule has 2 fully saturated rings. The molecular weight excluding hydrogens is 464 g/mol. The number of amides is 2. The first-order valence-corrected chi connectivity index (χ1v) is 12.9. The molecule has 2 aliphatic rings. The molecule has 0 spiro atoms. The van der Waals surface area contributed by atoms with E-state index in [-0.39, 0.29) is 12.5 Å². The number of hydrogen-bond donors (Lipinski definition) is 4. The van der Waals surface area contributed by atoms with Crippen molar-refractivity contribution in [3.05, 3.63) is 95.1 Å². The van der Waals surface area contributed by atoms with Gasteiger partial charge in [-0.3, -0.25) is 4.79 Å². The van der Waals surface area contributed by atoms with Crippen LogP contribution < -0.4 is 21.7 Å². The Labute approximate surface area is 217 Å². The summed E-state index contributed by atoms with van der Waals surface area (Å²) in [4.78, 5) is 25.2. The van der Waals surface area contributed by atoms with Crippen LogP contribution in [0.25, 0.3) is 0 Å². The fourth-order valence-electron chi connectivity index (χ4n) is 4.77. The van der Waals surface area contributed by atoms with E-state index in [4.69, 9.17) is 10.5 Å². The molecule has 3 aromatic carbocycles. The van der Waals surface area contributed by atoms with E-state index in [2.05, 4.69) is 41.9 Å². The van der Waals surface area contributed by atoms with Crippen molar-refractivity contribution in [1.29, 1.82) is 0 Å². The van der Waals surface area contributed by atoms with Crippen LogP contribution in [0.2, 0.25) is 0 Å². The van der Waals surface area contributed by atoms with Crippen molar-refractivity contribution >= 4 is 23.4 Å². The second-order valence-electron chi connectivity index (χ2n) is 10.4. The molecule has 7 heteroatoms. The number of benzene rings is 3. The minimum Gasteiger partial charge on any atom is -0.445 e. The van der Waals surface area contributed by atoms with Crippen LogP contribution >= 0.6 is 0 Å². The first kappa shape index (κ1) is 24.8. The molecule has 2 aliphatic carbocycles. The van der Waals surface area contributed by atoms with Crippen LogP contribution in [0.3, 0.4) is 0 Å². The van der Waals surface area contributed by atoms with Gasteiger partial charge in [0, 0.05) is 23.6 Å². The number of carbonyl (C=O) groups excluding carboxylic acids is 2. The number of hydrogen-bond acceptors (Lipinski definition) is 5. The highest BCUT2D eigenvalue weighted by Gasteiger charge is 2.46. The molecule has 0 aliphatic heterocycles. The summed E-state index contributed by atoms with van der Waals surface area (Å²) in [5.74, 6) is 0.338. The Kier molecular flexibility index (Phi) is 6.89. The minimum absolute atomic E-state index is 0.224. The van der Waals surface area contributed by atoms with Gasteiger partial charge in [0.05, 0.1) is 16.9 Å². The van der Waals surface area contributed by atoms with E-state index in [9.17, 15) is 9.59 Å². The number of nitrogens with one attached hydrogen (secondary N) is 3. The highest BCUT2D eigenvalue weighted by Crippen LogP contribution is 2.45. The van der Waals surface area contributed by atoms with Crippen LogP contribution in [0.4, 0.5) is 16.2 Å². The molecule has 192 valence electrons. The standard InChI is InChI=1S/C30H34N4O3/c1-19(2)32-27-17-24(27)21-9-7-20(8-10-21)18-37-29(36)34-30(15-16-30)23-13-11-22(12-14-23)28(35)33-26-6-4-3-5-25(26)31/h3-14,19,24,27,32H,15-18,31H2,1-2H3,(H,33,35)(H,34,36). The van der Waals surface area contributed by atoms with E-state index in [1.807, 2.05) is 36.4 Å². The average Bonchev–Trinajstić information content (AvgIpc) is 3.82. The number of carbonyl (C=O) groups is 2. The Hall–Kier alpha value is -3.84. The Bertz CT molecular complexity index is 1270. The SMILES string of the molecule is CC(C)NC1CC1c1ccc(COC(=O)NC2(c3ccc(C(=O)Nc4ccccc4N)cc3)CC2)cc1. The molecule has 2 unspecified atom stereocenters. The van der Waals surface area contributed by atoms with Gasteiger partial charge >= 0.3 is 6.09 Å². The number of nitrogen functional groups attached to an aromatic ring is 1. The number of alkyl carbamates (subject to hydrolysis) is 1. The topological polar surface area (TPSA) is 105 Å². The van der Waals surface area contributed by atoms with Gasteiger partial charge in [-0.15, -0.1) is 0 Å². The Morgan fingerprint density at radius 2 is 1.70 bits per heavy atom. The third-order valence-electron chi connectivity index (χ3n) is 7.12. The van der Waals surface area contributed by atoms with Crippen molar-refractivity contribution in [3.63, 3.8) is 0 Å². The van der Waals surface area contributed by atoms with E-state index in [0.717, 1.165) is 24.0 Å². The van der Waals surface area contributed by atoms with Crippen molar-refractivity contribution in [2.75, 3.05) is 11.1 Å². The first-order valence-electron chi connectivity index (χ1n) is 12.9. The van der Waals surface area contributed by atoms with Crippen LogP contribution in [0.5, 0.6) is 0 Å². The highest BCUT2D eigenvalue weighted by atomic mass is 16.5. The van der Waals surface area contributed by atoms with Gasteiger partial charge in [-0.2, -0.15) is 0 Å². The van der Waals surface area contributed by atoms with E-state index < -0.39 is 11.6 Å². The Morgan fingerprint density at radius 1 is 1.00 bits per heavy atom. The number of anilines is 2. The molecule has 2 saturated carbocycles. The predicted molar refractivity (Wildman–Crippen MR) is 145 cm³/mol. The molecule has 7 nitrogen and oxygen atoms in total. The molecule has 37 heavy (non-hydrogen) atoms. The van der Waals surface area contributed by atoms with Gasteiger partial charge in [-0.1, -0.05) is 62.4 Å². The molecule has 3 aromatic rings. The number of ether oxygens (including phenoxy) is 1. The largest absolute Gasteiger partial charge is 0.445 e. The molecule has 5 rings (SSSR count). The molecule has 5 N–H and O–H groups in total. The molecular formula is C30H34N4O3. The summed E-state index contributed by atoms with van der Waals surface area (Å²) in [5.41, 5.74) is 10.3. The van der Waals surface area contributed by atoms with E-state index in [1.165, 1.54) is 12.0 Å². The van der Waals surface area contributed by atoms with Gasteiger partial charge in [-0.25, -0.2) is 4.79 Å². The van der Waals surface area contributed by atoms with Crippen LogP contribution in [0.1, 0.15) is 66.1 Å². The van der Waals surface area contributed by atoms with E-state index >= 15 is 0 Å². The number of nitrogens with two attached hydrogens (primary N) is 1. The minimum atomic E-state index is -0.440. The maximum Gasteiger partial charge on any atom is 0.408 e. The molecule has 2 amide bonds. The van der Waals surface area contributed by atoms with Crippen molar-refractivity contribution in [1.82, 2.24) is 10.6 Å². The van der Waals surface area contributed by atoms with Crippen molar-refractivity contribution < 1.29 is 14.3 Å². The van der Waals surface area contributed by atoms with Crippen LogP contribution in [0.15, 0.2) is 72.8 Å². The summed E-state index contributed by atoms with van der Waals surface area (Å²) in [6, 6.07) is 23.8. The summed E-state index contributed by atoms with van der Waals surface area (Å²) in [6.45, 7) is 4.57.